The fraction of sp³-hybridized carbons (Fsp3) is 0.0833. The molecule has 0 N–H and O–H groups in total. The second-order valence-corrected chi connectivity index (χ2v) is 5.39. The van der Waals surface area contributed by atoms with Crippen LogP contribution in [-0.2, 0) is 4.79 Å². The van der Waals surface area contributed by atoms with Crippen molar-refractivity contribution >= 4 is 35.4 Å². The summed E-state index contributed by atoms with van der Waals surface area (Å²) in [6.45, 7) is 1.60. The summed E-state index contributed by atoms with van der Waals surface area (Å²) < 4.78 is 1.16. The van der Waals surface area contributed by atoms with Crippen LogP contribution in [0.4, 0.5) is 0 Å². The highest BCUT2D eigenvalue weighted by Crippen LogP contribution is 2.44. The molecule has 0 atom stereocenters. The van der Waals surface area contributed by atoms with Gasteiger partial charge in [0, 0.05) is 0 Å². The van der Waals surface area contributed by atoms with Gasteiger partial charge >= 0.3 is 0 Å². The third-order valence-corrected chi connectivity index (χ3v) is 4.26. The van der Waals surface area contributed by atoms with Crippen LogP contribution in [0.5, 0.6) is 0 Å². The summed E-state index contributed by atoms with van der Waals surface area (Å²) in [6, 6.07) is 10.1. The number of benzene rings is 1. The molecule has 0 spiro atoms. The Morgan fingerprint density at radius 1 is 1.27 bits per heavy atom. The molecular weight excluding hydrogens is 224 g/mol. The first-order valence-electron chi connectivity index (χ1n) is 4.58. The zero-order valence-corrected chi connectivity index (χ0v) is 9.90. The van der Waals surface area contributed by atoms with E-state index in [0.717, 1.165) is 9.14 Å². The molecule has 1 aromatic carbocycles. The molecule has 1 nitrogen and oxygen atoms in total. The quantitative estimate of drug-likeness (QED) is 0.772. The summed E-state index contributed by atoms with van der Waals surface area (Å²) in [4.78, 5) is 11.9. The normalized spacial score (nSPS) is 17.9. The van der Waals surface area contributed by atoms with Crippen molar-refractivity contribution in [1.29, 1.82) is 0 Å². The van der Waals surface area contributed by atoms with E-state index in [4.69, 9.17) is 0 Å². The first-order chi connectivity index (χ1) is 7.25. The number of carbonyl (C=O) groups is 1. The van der Waals surface area contributed by atoms with Crippen LogP contribution in [0.3, 0.4) is 0 Å². The topological polar surface area (TPSA) is 17.1 Å². The fourth-order valence-electron chi connectivity index (χ4n) is 1.17. The minimum atomic E-state index is 0.143. The minimum absolute atomic E-state index is 0.143. The van der Waals surface area contributed by atoms with Gasteiger partial charge in [0.25, 0.3) is 0 Å². The van der Waals surface area contributed by atoms with Gasteiger partial charge < -0.3 is 0 Å². The summed E-state index contributed by atoms with van der Waals surface area (Å²) in [5.41, 5.74) is 1.17. The van der Waals surface area contributed by atoms with Gasteiger partial charge in [0.1, 0.15) is 0 Å². The first kappa shape index (κ1) is 10.6. The molecule has 0 amide bonds. The smallest absolute Gasteiger partial charge is 0.167 e. The van der Waals surface area contributed by atoms with Crippen molar-refractivity contribution in [2.24, 2.45) is 0 Å². The fourth-order valence-corrected chi connectivity index (χ4v) is 3.26. The molecule has 15 heavy (non-hydrogen) atoms. The number of Topliss-reactive ketones (excluding diaryl/α,β-unsaturated/α-hetero) is 1. The van der Waals surface area contributed by atoms with E-state index in [9.17, 15) is 4.79 Å². The summed E-state index contributed by atoms with van der Waals surface area (Å²) in [5.74, 6) is 0.143. The first-order valence-corrected chi connectivity index (χ1v) is 6.28. The molecule has 3 heteroatoms. The van der Waals surface area contributed by atoms with Crippen LogP contribution in [-0.4, -0.2) is 5.78 Å². The van der Waals surface area contributed by atoms with Crippen molar-refractivity contribution in [1.82, 2.24) is 0 Å². The number of hydrogen-bond acceptors (Lipinski definition) is 3. The SMILES string of the molecule is CC(=O)C1=CS/C(=C/c2ccccc2)S1. The zero-order chi connectivity index (χ0) is 10.7. The highest BCUT2D eigenvalue weighted by Gasteiger charge is 2.14. The molecule has 76 valence electrons. The molecule has 0 unspecified atom stereocenters. The van der Waals surface area contributed by atoms with Gasteiger partial charge in [-0.05, 0) is 24.0 Å². The van der Waals surface area contributed by atoms with Gasteiger partial charge in [0.15, 0.2) is 5.78 Å². The molecule has 1 aliphatic rings. The van der Waals surface area contributed by atoms with E-state index in [2.05, 4.69) is 18.2 Å². The van der Waals surface area contributed by atoms with E-state index in [0.29, 0.717) is 0 Å². The molecule has 0 saturated carbocycles. The maximum Gasteiger partial charge on any atom is 0.167 e. The second-order valence-electron chi connectivity index (χ2n) is 3.13. The van der Waals surface area contributed by atoms with Crippen molar-refractivity contribution in [2.75, 3.05) is 0 Å². The third kappa shape index (κ3) is 2.76. The molecule has 1 heterocycles. The lowest BCUT2D eigenvalue weighted by Gasteiger charge is -1.96. The van der Waals surface area contributed by atoms with Crippen molar-refractivity contribution in [3.05, 3.63) is 50.4 Å². The van der Waals surface area contributed by atoms with Crippen LogP contribution in [0.2, 0.25) is 0 Å². The molecule has 1 aromatic rings. The number of hydrogen-bond donors (Lipinski definition) is 0. The van der Waals surface area contributed by atoms with Crippen LogP contribution in [0.15, 0.2) is 44.9 Å². The van der Waals surface area contributed by atoms with Gasteiger partial charge in [-0.1, -0.05) is 53.9 Å². The summed E-state index contributed by atoms with van der Waals surface area (Å²) in [7, 11) is 0. The lowest BCUT2D eigenvalue weighted by Crippen LogP contribution is -1.87. The van der Waals surface area contributed by atoms with Gasteiger partial charge in [-0.25, -0.2) is 0 Å². The number of carbonyl (C=O) groups excluding carboxylic acids is 1. The standard InChI is InChI=1S/C12H10OS2/c1-9(13)11-8-14-12(15-11)7-10-5-3-2-4-6-10/h2-8H,1H3/b12-7-. The molecule has 0 bridgehead atoms. The summed E-state index contributed by atoms with van der Waals surface area (Å²) in [5, 5.41) is 1.92. The lowest BCUT2D eigenvalue weighted by atomic mass is 10.2. The largest absolute Gasteiger partial charge is 0.294 e. The monoisotopic (exact) mass is 234 g/mol. The van der Waals surface area contributed by atoms with E-state index in [1.165, 1.54) is 5.56 Å². The molecule has 0 fully saturated rings. The van der Waals surface area contributed by atoms with Gasteiger partial charge in [-0.15, -0.1) is 0 Å². The Kier molecular flexibility index (Phi) is 3.34. The lowest BCUT2D eigenvalue weighted by molar-refractivity contribution is -0.112. The second kappa shape index (κ2) is 4.73. The molecule has 0 aromatic heterocycles. The Bertz CT molecular complexity index is 432. The number of allylic oxidation sites excluding steroid dienone is 1. The number of ketones is 1. The maximum atomic E-state index is 11.1. The predicted octanol–water partition coefficient (Wildman–Crippen LogP) is 3.90. The van der Waals surface area contributed by atoms with Crippen molar-refractivity contribution in [2.45, 2.75) is 6.92 Å². The third-order valence-electron chi connectivity index (χ3n) is 1.92. The summed E-state index contributed by atoms with van der Waals surface area (Å²) >= 11 is 3.16. The molecule has 2 rings (SSSR count). The highest BCUT2D eigenvalue weighted by molar-refractivity contribution is 8.28. The van der Waals surface area contributed by atoms with E-state index in [1.54, 1.807) is 30.4 Å². The Morgan fingerprint density at radius 2 is 2.00 bits per heavy atom. The Labute approximate surface area is 97.6 Å². The van der Waals surface area contributed by atoms with Gasteiger partial charge in [0.2, 0.25) is 0 Å². The van der Waals surface area contributed by atoms with E-state index in [-0.39, 0.29) is 5.78 Å². The van der Waals surface area contributed by atoms with Gasteiger partial charge in [-0.2, -0.15) is 0 Å². The van der Waals surface area contributed by atoms with E-state index < -0.39 is 0 Å². The highest BCUT2D eigenvalue weighted by atomic mass is 32.2. The number of rotatable bonds is 2. The zero-order valence-electron chi connectivity index (χ0n) is 8.27. The van der Waals surface area contributed by atoms with Crippen LogP contribution in [0.1, 0.15) is 12.5 Å². The van der Waals surface area contributed by atoms with Gasteiger partial charge in [-0.3, -0.25) is 4.79 Å². The van der Waals surface area contributed by atoms with Crippen molar-refractivity contribution in [3.8, 4) is 0 Å². The average Bonchev–Trinajstić information content (AvgIpc) is 2.68. The number of thioether (sulfide) groups is 2. The Morgan fingerprint density at radius 3 is 2.60 bits per heavy atom. The van der Waals surface area contributed by atoms with Crippen LogP contribution in [0.25, 0.3) is 6.08 Å². The van der Waals surface area contributed by atoms with Gasteiger partial charge in [0.05, 0.1) is 9.14 Å². The van der Waals surface area contributed by atoms with Crippen LogP contribution < -0.4 is 0 Å². The molecular formula is C12H10OS2. The Balaban J connectivity index is 2.11. The molecule has 0 aliphatic carbocycles. The Hall–Kier alpha value is -0.930. The summed E-state index contributed by atoms with van der Waals surface area (Å²) in [6.07, 6.45) is 2.10. The molecule has 0 saturated heterocycles. The van der Waals surface area contributed by atoms with Crippen LogP contribution in [0, 0.1) is 0 Å². The van der Waals surface area contributed by atoms with Crippen molar-refractivity contribution in [3.63, 3.8) is 0 Å². The van der Waals surface area contributed by atoms with Crippen molar-refractivity contribution < 1.29 is 4.79 Å². The average molecular weight is 234 g/mol. The maximum absolute atomic E-state index is 11.1. The van der Waals surface area contributed by atoms with E-state index >= 15 is 0 Å². The molecule has 1 aliphatic heterocycles. The predicted molar refractivity (Wildman–Crippen MR) is 68.4 cm³/mol. The minimum Gasteiger partial charge on any atom is -0.294 e. The molecule has 0 radical (unpaired) electrons. The van der Waals surface area contributed by atoms with E-state index in [1.807, 2.05) is 23.6 Å². The van der Waals surface area contributed by atoms with Crippen LogP contribution >= 0.6 is 23.5 Å².